The third kappa shape index (κ3) is 7.51. The minimum atomic E-state index is -3.78. The Bertz CT molecular complexity index is 1100. The van der Waals surface area contributed by atoms with Crippen LogP contribution in [0.4, 0.5) is 0 Å². The number of carbonyl (C=O) groups excluding carboxylic acids is 3. The highest BCUT2D eigenvalue weighted by atomic mass is 32.2. The van der Waals surface area contributed by atoms with E-state index in [1.54, 1.807) is 6.92 Å². The molecule has 3 rings (SSSR count). The number of amides is 3. The Morgan fingerprint density at radius 3 is 2.30 bits per heavy atom. The van der Waals surface area contributed by atoms with E-state index in [-0.39, 0.29) is 37.2 Å². The molecule has 0 saturated carbocycles. The van der Waals surface area contributed by atoms with Gasteiger partial charge in [0.05, 0.1) is 6.26 Å². The lowest BCUT2D eigenvalue weighted by molar-refractivity contribution is -0.140. The molecule has 0 aromatic heterocycles. The predicted molar refractivity (Wildman–Crippen MR) is 141 cm³/mol. The van der Waals surface area contributed by atoms with Gasteiger partial charge in [-0.3, -0.25) is 14.4 Å². The van der Waals surface area contributed by atoms with Gasteiger partial charge in [0.15, 0.2) is 5.96 Å². The molecule has 0 bridgehead atoms. The van der Waals surface area contributed by atoms with Crippen LogP contribution in [-0.4, -0.2) is 90.7 Å². The number of rotatable bonds is 9. The average molecular weight is 535 g/mol. The second kappa shape index (κ2) is 12.5. The zero-order valence-electron chi connectivity index (χ0n) is 21.6. The van der Waals surface area contributed by atoms with Gasteiger partial charge >= 0.3 is 0 Å². The van der Waals surface area contributed by atoms with Crippen molar-refractivity contribution in [3.8, 4) is 0 Å². The van der Waals surface area contributed by atoms with Gasteiger partial charge in [-0.05, 0) is 43.6 Å². The fourth-order valence-corrected chi connectivity index (χ4v) is 6.15. The predicted octanol–water partition coefficient (Wildman–Crippen LogP) is 0.299. The van der Waals surface area contributed by atoms with Crippen LogP contribution >= 0.6 is 0 Å². The molecule has 12 heteroatoms. The summed E-state index contributed by atoms with van der Waals surface area (Å²) in [5, 5.41) is 0. The van der Waals surface area contributed by atoms with Crippen molar-refractivity contribution in [2.45, 2.75) is 57.5 Å². The van der Waals surface area contributed by atoms with Gasteiger partial charge in [0.2, 0.25) is 27.7 Å². The van der Waals surface area contributed by atoms with E-state index in [4.69, 9.17) is 11.5 Å². The third-order valence-electron chi connectivity index (χ3n) is 7.11. The van der Waals surface area contributed by atoms with Crippen molar-refractivity contribution in [1.82, 2.24) is 14.1 Å². The number of sulfonamides is 1. The molecule has 204 valence electrons. The van der Waals surface area contributed by atoms with Crippen LogP contribution in [0.25, 0.3) is 0 Å². The van der Waals surface area contributed by atoms with E-state index < -0.39 is 33.9 Å². The molecule has 3 amide bonds. The summed E-state index contributed by atoms with van der Waals surface area (Å²) < 4.78 is 27.4. The van der Waals surface area contributed by atoms with Crippen LogP contribution < -0.4 is 11.5 Å². The number of hydrogen-bond acceptors (Lipinski definition) is 5. The number of nitrogens with two attached hydrogens (primary N) is 2. The molecule has 2 fully saturated rings. The lowest BCUT2D eigenvalue weighted by atomic mass is 9.95. The van der Waals surface area contributed by atoms with E-state index in [0.29, 0.717) is 45.3 Å². The summed E-state index contributed by atoms with van der Waals surface area (Å²) in [5.41, 5.74) is 12.4. The van der Waals surface area contributed by atoms with Crippen LogP contribution in [0.3, 0.4) is 0 Å². The van der Waals surface area contributed by atoms with Crippen molar-refractivity contribution in [3.63, 3.8) is 0 Å². The summed E-state index contributed by atoms with van der Waals surface area (Å²) in [7, 11) is -3.78. The standard InChI is InChI=1S/C25H38N6O5S/c1-3-22(32)28-25(27)29-14-11-19(12-15-29)17-31(37(2,35)36)21(16-18-8-5-4-6-9-18)24(34)30-13-7-10-20(30)23(26)33/h4-6,8-9,19-21H,3,7,10-17H2,1-2H3,(H2,26,33)(H2,27,28,32)/t20-,21+/m0/s1. The highest BCUT2D eigenvalue weighted by Gasteiger charge is 2.41. The first kappa shape index (κ1) is 28.6. The molecular weight excluding hydrogens is 496 g/mol. The molecule has 2 saturated heterocycles. The number of guanidine groups is 1. The van der Waals surface area contributed by atoms with Crippen LogP contribution in [0.15, 0.2) is 35.3 Å². The van der Waals surface area contributed by atoms with E-state index in [2.05, 4.69) is 4.99 Å². The molecule has 0 spiro atoms. The molecule has 4 N–H and O–H groups in total. The average Bonchev–Trinajstić information content (AvgIpc) is 3.36. The van der Waals surface area contributed by atoms with Gasteiger partial charge in [0.1, 0.15) is 12.1 Å². The van der Waals surface area contributed by atoms with Gasteiger partial charge in [0.25, 0.3) is 0 Å². The number of aliphatic imine (C=N–C) groups is 1. The molecule has 1 aromatic carbocycles. The van der Waals surface area contributed by atoms with Gasteiger partial charge in [-0.1, -0.05) is 37.3 Å². The lowest BCUT2D eigenvalue weighted by Crippen LogP contribution is -2.56. The summed E-state index contributed by atoms with van der Waals surface area (Å²) >= 11 is 0. The van der Waals surface area contributed by atoms with E-state index in [9.17, 15) is 22.8 Å². The van der Waals surface area contributed by atoms with Crippen molar-refractivity contribution < 1.29 is 22.8 Å². The largest absolute Gasteiger partial charge is 0.369 e. The zero-order valence-corrected chi connectivity index (χ0v) is 22.4. The molecule has 1 aromatic rings. The van der Waals surface area contributed by atoms with Crippen LogP contribution in [0.2, 0.25) is 0 Å². The topological polar surface area (TPSA) is 159 Å². The second-order valence-electron chi connectivity index (χ2n) is 9.78. The maximum atomic E-state index is 13.8. The normalized spacial score (nSPS) is 20.3. The molecule has 0 unspecified atom stereocenters. The van der Waals surface area contributed by atoms with E-state index in [1.807, 2.05) is 35.2 Å². The number of carbonyl (C=O) groups is 3. The minimum Gasteiger partial charge on any atom is -0.369 e. The molecule has 0 radical (unpaired) electrons. The summed E-state index contributed by atoms with van der Waals surface area (Å²) in [6, 6.07) is 7.52. The van der Waals surface area contributed by atoms with Crippen molar-refractivity contribution in [3.05, 3.63) is 35.9 Å². The van der Waals surface area contributed by atoms with Crippen LogP contribution in [0.5, 0.6) is 0 Å². The van der Waals surface area contributed by atoms with E-state index in [0.717, 1.165) is 11.8 Å². The van der Waals surface area contributed by atoms with E-state index in [1.165, 1.54) is 9.21 Å². The molecule has 11 nitrogen and oxygen atoms in total. The van der Waals surface area contributed by atoms with Crippen molar-refractivity contribution >= 4 is 33.7 Å². The fraction of sp³-hybridized carbons (Fsp3) is 0.600. The summed E-state index contributed by atoms with van der Waals surface area (Å²) in [6.45, 7) is 3.30. The van der Waals surface area contributed by atoms with Crippen molar-refractivity contribution in [2.24, 2.45) is 22.4 Å². The fourth-order valence-electron chi connectivity index (χ4n) is 5.04. The molecule has 2 heterocycles. The first-order valence-corrected chi connectivity index (χ1v) is 14.6. The maximum Gasteiger partial charge on any atom is 0.248 e. The minimum absolute atomic E-state index is 0.0164. The number of piperidine rings is 1. The SMILES string of the molecule is CCC(=O)N=C(N)N1CCC(CN([C@H](Cc2ccccc2)C(=O)N2CCC[C@H]2C(N)=O)S(C)(=O)=O)CC1. The molecule has 37 heavy (non-hydrogen) atoms. The van der Waals surface area contributed by atoms with Gasteiger partial charge in [-0.25, -0.2) is 8.42 Å². The molecule has 2 aliphatic rings. The smallest absolute Gasteiger partial charge is 0.248 e. The Hall–Kier alpha value is -2.99. The Kier molecular flexibility index (Phi) is 9.66. The van der Waals surface area contributed by atoms with Gasteiger partial charge < -0.3 is 21.3 Å². The Labute approximate surface area is 218 Å². The van der Waals surface area contributed by atoms with Crippen LogP contribution in [-0.2, 0) is 30.8 Å². The highest BCUT2D eigenvalue weighted by molar-refractivity contribution is 7.88. The summed E-state index contributed by atoms with van der Waals surface area (Å²) in [4.78, 5) is 44.6. The molecule has 2 aliphatic heterocycles. The first-order valence-electron chi connectivity index (χ1n) is 12.7. The second-order valence-corrected chi connectivity index (χ2v) is 11.7. The monoisotopic (exact) mass is 534 g/mol. The van der Waals surface area contributed by atoms with E-state index >= 15 is 0 Å². The van der Waals surface area contributed by atoms with Gasteiger partial charge in [0, 0.05) is 32.6 Å². The Morgan fingerprint density at radius 2 is 1.73 bits per heavy atom. The number of hydrogen-bond donors (Lipinski definition) is 2. The molecule has 0 aliphatic carbocycles. The third-order valence-corrected chi connectivity index (χ3v) is 8.37. The lowest BCUT2D eigenvalue weighted by Gasteiger charge is -2.38. The zero-order chi connectivity index (χ0) is 27.2. The summed E-state index contributed by atoms with van der Waals surface area (Å²) in [6.07, 6.45) is 3.93. The van der Waals surface area contributed by atoms with Gasteiger partial charge in [-0.15, -0.1) is 0 Å². The van der Waals surface area contributed by atoms with Crippen molar-refractivity contribution in [1.29, 1.82) is 0 Å². The van der Waals surface area contributed by atoms with Crippen LogP contribution in [0.1, 0.15) is 44.6 Å². The number of primary amides is 1. The summed E-state index contributed by atoms with van der Waals surface area (Å²) in [5.74, 6) is -1.11. The van der Waals surface area contributed by atoms with Crippen LogP contribution in [0, 0.1) is 5.92 Å². The number of benzene rings is 1. The number of nitrogens with zero attached hydrogens (tertiary/aromatic N) is 4. The Balaban J connectivity index is 1.83. The quantitative estimate of drug-likeness (QED) is 0.340. The number of likely N-dealkylation sites (tertiary alicyclic amines) is 2. The molecule has 2 atom stereocenters. The van der Waals surface area contributed by atoms with Gasteiger partial charge in [-0.2, -0.15) is 9.30 Å². The first-order chi connectivity index (χ1) is 17.5. The van der Waals surface area contributed by atoms with Crippen molar-refractivity contribution in [2.75, 3.05) is 32.4 Å². The highest BCUT2D eigenvalue weighted by Crippen LogP contribution is 2.26. The molecular formula is C25H38N6O5S. The Morgan fingerprint density at radius 1 is 1.08 bits per heavy atom. The maximum absolute atomic E-state index is 13.8.